The normalized spacial score (nSPS) is 22.4. The lowest BCUT2D eigenvalue weighted by atomic mass is 10.2. The lowest BCUT2D eigenvalue weighted by Crippen LogP contribution is -2.16. The molecule has 0 aromatic carbocycles. The lowest BCUT2D eigenvalue weighted by molar-refractivity contribution is -0.142. The number of hydrogen-bond donors (Lipinski definition) is 0. The van der Waals surface area contributed by atoms with Gasteiger partial charge in [0.2, 0.25) is 0 Å². The molecule has 0 heterocycles. The van der Waals surface area contributed by atoms with Gasteiger partial charge in [-0.2, -0.15) is 0 Å². The summed E-state index contributed by atoms with van der Waals surface area (Å²) >= 11 is 0. The summed E-state index contributed by atoms with van der Waals surface area (Å²) < 4.78 is 5.15. The Hall–Kier alpha value is -1.05. The molecular formula is C10H14O2. The van der Waals surface area contributed by atoms with Gasteiger partial charge in [0.25, 0.3) is 0 Å². The minimum absolute atomic E-state index is 0.0609. The Morgan fingerprint density at radius 1 is 1.67 bits per heavy atom. The van der Waals surface area contributed by atoms with Gasteiger partial charge >= 0.3 is 5.97 Å². The SMILES string of the molecule is C=C(C)C(=O)OC1CCCC1=C. The molecule has 1 rings (SSSR count). The predicted molar refractivity (Wildman–Crippen MR) is 47.7 cm³/mol. The van der Waals surface area contributed by atoms with Crippen LogP contribution in [0, 0.1) is 0 Å². The highest BCUT2D eigenvalue weighted by atomic mass is 16.5. The monoisotopic (exact) mass is 166 g/mol. The first-order valence-corrected chi connectivity index (χ1v) is 4.15. The molecule has 12 heavy (non-hydrogen) atoms. The van der Waals surface area contributed by atoms with E-state index in [9.17, 15) is 4.79 Å². The first-order valence-electron chi connectivity index (χ1n) is 4.15. The maximum absolute atomic E-state index is 11.1. The molecule has 66 valence electrons. The Balaban J connectivity index is 2.46. The van der Waals surface area contributed by atoms with Crippen LogP contribution in [-0.2, 0) is 9.53 Å². The third-order valence-electron chi connectivity index (χ3n) is 2.02. The summed E-state index contributed by atoms with van der Waals surface area (Å²) in [4.78, 5) is 11.1. The van der Waals surface area contributed by atoms with Crippen molar-refractivity contribution in [1.82, 2.24) is 0 Å². The topological polar surface area (TPSA) is 26.3 Å². The highest BCUT2D eigenvalue weighted by Crippen LogP contribution is 2.26. The molecule has 2 nitrogen and oxygen atoms in total. The minimum atomic E-state index is -0.303. The molecule has 0 radical (unpaired) electrons. The van der Waals surface area contributed by atoms with Crippen LogP contribution in [0.4, 0.5) is 0 Å². The summed E-state index contributed by atoms with van der Waals surface area (Å²) in [6.45, 7) is 9.01. The number of carbonyl (C=O) groups excluding carboxylic acids is 1. The van der Waals surface area contributed by atoms with Crippen LogP contribution in [-0.4, -0.2) is 12.1 Å². The molecular weight excluding hydrogens is 152 g/mol. The Labute approximate surface area is 72.9 Å². The van der Waals surface area contributed by atoms with Gasteiger partial charge in [0.15, 0.2) is 0 Å². The maximum atomic E-state index is 11.1. The van der Waals surface area contributed by atoms with Gasteiger partial charge in [-0.3, -0.25) is 0 Å². The average Bonchev–Trinajstić information content (AvgIpc) is 2.36. The number of hydrogen-bond acceptors (Lipinski definition) is 2. The predicted octanol–water partition coefficient (Wildman–Crippen LogP) is 2.21. The van der Waals surface area contributed by atoms with Gasteiger partial charge in [-0.15, -0.1) is 0 Å². The van der Waals surface area contributed by atoms with E-state index in [0.29, 0.717) is 5.57 Å². The molecule has 0 spiro atoms. The van der Waals surface area contributed by atoms with Gasteiger partial charge in [-0.1, -0.05) is 13.2 Å². The minimum Gasteiger partial charge on any atom is -0.455 e. The zero-order chi connectivity index (χ0) is 9.14. The van der Waals surface area contributed by atoms with E-state index in [1.54, 1.807) is 6.92 Å². The van der Waals surface area contributed by atoms with Crippen LogP contribution in [0.2, 0.25) is 0 Å². The molecule has 0 aliphatic heterocycles. The standard InChI is InChI=1S/C10H14O2/c1-7(2)10(11)12-9-6-4-5-8(9)3/h9H,1,3-6H2,2H3. The molecule has 1 atom stereocenters. The number of rotatable bonds is 2. The van der Waals surface area contributed by atoms with Gasteiger partial charge in [-0.25, -0.2) is 4.79 Å². The quantitative estimate of drug-likeness (QED) is 0.357. The van der Waals surface area contributed by atoms with Crippen molar-refractivity contribution in [2.24, 2.45) is 0 Å². The molecule has 0 amide bonds. The highest BCUT2D eigenvalue weighted by molar-refractivity contribution is 5.87. The molecule has 0 N–H and O–H groups in total. The van der Waals surface area contributed by atoms with Gasteiger partial charge in [-0.05, 0) is 31.8 Å². The Kier molecular flexibility index (Phi) is 2.69. The van der Waals surface area contributed by atoms with Crippen molar-refractivity contribution >= 4 is 5.97 Å². The van der Waals surface area contributed by atoms with E-state index < -0.39 is 0 Å². The van der Waals surface area contributed by atoms with E-state index in [0.717, 1.165) is 24.8 Å². The fourth-order valence-corrected chi connectivity index (χ4v) is 1.25. The van der Waals surface area contributed by atoms with E-state index in [4.69, 9.17) is 4.74 Å². The summed E-state index contributed by atoms with van der Waals surface area (Å²) in [5.41, 5.74) is 1.49. The van der Waals surface area contributed by atoms with Crippen LogP contribution in [0.5, 0.6) is 0 Å². The summed E-state index contributed by atoms with van der Waals surface area (Å²) in [6, 6.07) is 0. The first-order chi connectivity index (χ1) is 5.61. The lowest BCUT2D eigenvalue weighted by Gasteiger charge is -2.12. The molecule has 0 bridgehead atoms. The Morgan fingerprint density at radius 3 is 2.75 bits per heavy atom. The third kappa shape index (κ3) is 1.97. The van der Waals surface area contributed by atoms with Gasteiger partial charge in [0.05, 0.1) is 0 Å². The fourth-order valence-electron chi connectivity index (χ4n) is 1.25. The number of ether oxygens (including phenoxy) is 1. The molecule has 0 saturated heterocycles. The molecule has 1 aliphatic carbocycles. The summed E-state index contributed by atoms with van der Waals surface area (Å²) in [6.07, 6.45) is 2.91. The van der Waals surface area contributed by atoms with Crippen molar-refractivity contribution in [2.45, 2.75) is 32.3 Å². The average molecular weight is 166 g/mol. The van der Waals surface area contributed by atoms with E-state index in [2.05, 4.69) is 13.2 Å². The van der Waals surface area contributed by atoms with Crippen LogP contribution < -0.4 is 0 Å². The number of esters is 1. The van der Waals surface area contributed by atoms with Crippen LogP contribution in [0.15, 0.2) is 24.3 Å². The van der Waals surface area contributed by atoms with Crippen LogP contribution >= 0.6 is 0 Å². The van der Waals surface area contributed by atoms with Gasteiger partial charge < -0.3 is 4.74 Å². The second-order valence-corrected chi connectivity index (χ2v) is 3.22. The molecule has 2 heteroatoms. The number of carbonyl (C=O) groups is 1. The molecule has 1 aliphatic rings. The largest absolute Gasteiger partial charge is 0.455 e. The van der Waals surface area contributed by atoms with E-state index in [-0.39, 0.29) is 12.1 Å². The maximum Gasteiger partial charge on any atom is 0.333 e. The Bertz CT molecular complexity index is 228. The second-order valence-electron chi connectivity index (χ2n) is 3.22. The molecule has 1 fully saturated rings. The van der Waals surface area contributed by atoms with Crippen LogP contribution in [0.3, 0.4) is 0 Å². The van der Waals surface area contributed by atoms with Crippen molar-refractivity contribution < 1.29 is 9.53 Å². The zero-order valence-corrected chi connectivity index (χ0v) is 7.43. The molecule has 1 saturated carbocycles. The van der Waals surface area contributed by atoms with Crippen molar-refractivity contribution in [1.29, 1.82) is 0 Å². The molecule has 0 aromatic rings. The molecule has 1 unspecified atom stereocenters. The van der Waals surface area contributed by atoms with Gasteiger partial charge in [0.1, 0.15) is 6.10 Å². The summed E-state index contributed by atoms with van der Waals surface area (Å²) in [5, 5.41) is 0. The van der Waals surface area contributed by atoms with Crippen LogP contribution in [0.1, 0.15) is 26.2 Å². The summed E-state index contributed by atoms with van der Waals surface area (Å²) in [5.74, 6) is -0.303. The fraction of sp³-hybridized carbons (Fsp3) is 0.500. The zero-order valence-electron chi connectivity index (χ0n) is 7.43. The van der Waals surface area contributed by atoms with Crippen molar-refractivity contribution in [3.8, 4) is 0 Å². The highest BCUT2D eigenvalue weighted by Gasteiger charge is 2.22. The Morgan fingerprint density at radius 2 is 2.33 bits per heavy atom. The van der Waals surface area contributed by atoms with Crippen molar-refractivity contribution in [3.05, 3.63) is 24.3 Å². The van der Waals surface area contributed by atoms with Crippen molar-refractivity contribution in [3.63, 3.8) is 0 Å². The smallest absolute Gasteiger partial charge is 0.333 e. The van der Waals surface area contributed by atoms with E-state index in [1.165, 1.54) is 0 Å². The molecule has 0 aromatic heterocycles. The van der Waals surface area contributed by atoms with Gasteiger partial charge in [0, 0.05) is 5.57 Å². The van der Waals surface area contributed by atoms with E-state index in [1.807, 2.05) is 0 Å². The van der Waals surface area contributed by atoms with Crippen LogP contribution in [0.25, 0.3) is 0 Å². The van der Waals surface area contributed by atoms with Crippen molar-refractivity contribution in [2.75, 3.05) is 0 Å². The summed E-state index contributed by atoms with van der Waals surface area (Å²) in [7, 11) is 0. The first kappa shape index (κ1) is 9.04. The third-order valence-corrected chi connectivity index (χ3v) is 2.02. The second kappa shape index (κ2) is 3.57. The van der Waals surface area contributed by atoms with E-state index >= 15 is 0 Å².